The summed E-state index contributed by atoms with van der Waals surface area (Å²) in [7, 11) is 0. The van der Waals surface area contributed by atoms with Gasteiger partial charge in [-0.2, -0.15) is 0 Å². The largest absolute Gasteiger partial charge is 0.247 e. The summed E-state index contributed by atoms with van der Waals surface area (Å²) in [5.74, 6) is 2.06. The Kier molecular flexibility index (Phi) is 9.09. The zero-order chi connectivity index (χ0) is 42.8. The molecule has 0 radical (unpaired) electrons. The fourth-order valence-corrected chi connectivity index (χ4v) is 11.9. The molecule has 1 unspecified atom stereocenters. The molecule has 3 aliphatic carbocycles. The number of nitrogens with zero attached hydrogens (tertiary/aromatic N) is 4. The molecule has 10 aromatic rings. The second-order valence-corrected chi connectivity index (χ2v) is 18.5. The maximum absolute atomic E-state index is 5.53. The van der Waals surface area contributed by atoms with E-state index in [0.29, 0.717) is 18.1 Å². The van der Waals surface area contributed by atoms with Crippen molar-refractivity contribution in [3.63, 3.8) is 0 Å². The molecule has 1 atom stereocenters. The van der Waals surface area contributed by atoms with Gasteiger partial charge in [-0.05, 0) is 106 Å². The van der Waals surface area contributed by atoms with Crippen molar-refractivity contribution in [1.82, 2.24) is 19.9 Å². The molecule has 0 N–H and O–H groups in total. The van der Waals surface area contributed by atoms with Crippen LogP contribution in [-0.4, -0.2) is 19.9 Å². The van der Waals surface area contributed by atoms with Crippen molar-refractivity contribution >= 4 is 69.9 Å². The summed E-state index contributed by atoms with van der Waals surface area (Å²) < 4.78 is 2.45. The number of aryl methyl sites for hydroxylation is 2. The van der Waals surface area contributed by atoms with E-state index in [-0.39, 0.29) is 5.92 Å². The quantitative estimate of drug-likeness (QED) is 0.166. The molecule has 0 aliphatic heterocycles. The van der Waals surface area contributed by atoms with Crippen molar-refractivity contribution in [3.05, 3.63) is 222 Å². The van der Waals surface area contributed by atoms with Gasteiger partial charge in [-0.25, -0.2) is 19.9 Å². The summed E-state index contributed by atoms with van der Waals surface area (Å²) in [5, 5.41) is 6.17. The molecule has 4 nitrogen and oxygen atoms in total. The number of hydrogen-bond acceptors (Lipinski definition) is 5. The highest BCUT2D eigenvalue weighted by Crippen LogP contribution is 2.46. The van der Waals surface area contributed by atoms with Crippen LogP contribution in [0, 0.1) is 0 Å². The smallest absolute Gasteiger partial charge is 0.165 e. The summed E-state index contributed by atoms with van der Waals surface area (Å²) in [4.78, 5) is 21.3. The van der Waals surface area contributed by atoms with Gasteiger partial charge < -0.3 is 0 Å². The number of benzene rings is 7. The maximum atomic E-state index is 5.53. The molecule has 0 bridgehead atoms. The first-order chi connectivity index (χ1) is 32.2. The fraction of sp³-hybridized carbons (Fsp3) is 0.100. The van der Waals surface area contributed by atoms with E-state index in [9.17, 15) is 0 Å². The molecule has 3 aliphatic rings. The Hall–Kier alpha value is -7.60. The van der Waals surface area contributed by atoms with Gasteiger partial charge in [-0.1, -0.05) is 170 Å². The number of hydrogen-bond donors (Lipinski definition) is 0. The van der Waals surface area contributed by atoms with Crippen LogP contribution in [0.2, 0.25) is 0 Å². The van der Waals surface area contributed by atoms with Gasteiger partial charge >= 0.3 is 0 Å². The van der Waals surface area contributed by atoms with E-state index in [2.05, 4.69) is 170 Å². The first-order valence-electron chi connectivity index (χ1n) is 22.8. The van der Waals surface area contributed by atoms with Crippen LogP contribution < -0.4 is 0 Å². The predicted octanol–water partition coefficient (Wildman–Crippen LogP) is 15.4. The molecular formula is C60H42N4S. The lowest BCUT2D eigenvalue weighted by atomic mass is 9.78. The molecule has 3 aromatic heterocycles. The van der Waals surface area contributed by atoms with Crippen LogP contribution in [0.4, 0.5) is 0 Å². The zero-order valence-corrected chi connectivity index (χ0v) is 36.5. The number of pyridine rings is 1. The Morgan fingerprint density at radius 1 is 0.523 bits per heavy atom. The summed E-state index contributed by atoms with van der Waals surface area (Å²) >= 11 is 1.80. The number of aromatic nitrogens is 4. The first-order valence-corrected chi connectivity index (χ1v) is 23.6. The lowest BCUT2D eigenvalue weighted by molar-refractivity contribution is 0.772. The Bertz CT molecular complexity index is 3700. The van der Waals surface area contributed by atoms with E-state index in [4.69, 9.17) is 19.9 Å². The van der Waals surface area contributed by atoms with Crippen molar-refractivity contribution in [2.75, 3.05) is 0 Å². The molecule has 13 rings (SSSR count). The van der Waals surface area contributed by atoms with Crippen LogP contribution in [0.3, 0.4) is 0 Å². The van der Waals surface area contributed by atoms with E-state index < -0.39 is 0 Å². The first kappa shape index (κ1) is 37.9. The SMILES string of the molecule is C1=CC(c2nc(-c3ccccc3)nc(-c3cccc4c3sc3ccccc34)n2)CC(c2nc3ccccc3c3c4c(ccc23)C2=C(CCC=C2)c2ccccc2-c2ccccc2CC4)=C1. The number of rotatable bonds is 4. The molecule has 7 aromatic carbocycles. The van der Waals surface area contributed by atoms with Crippen LogP contribution in [0.15, 0.2) is 188 Å². The predicted molar refractivity (Wildman–Crippen MR) is 272 cm³/mol. The summed E-state index contributed by atoms with van der Waals surface area (Å²) in [6.07, 6.45) is 16.1. The Balaban J connectivity index is 0.974. The van der Waals surface area contributed by atoms with Crippen LogP contribution in [0.1, 0.15) is 59.0 Å². The number of thiophene rings is 1. The van der Waals surface area contributed by atoms with Crippen molar-refractivity contribution < 1.29 is 0 Å². The average molecular weight is 851 g/mol. The van der Waals surface area contributed by atoms with E-state index >= 15 is 0 Å². The molecule has 65 heavy (non-hydrogen) atoms. The molecule has 0 saturated carbocycles. The molecule has 0 fully saturated rings. The molecule has 308 valence electrons. The van der Waals surface area contributed by atoms with Crippen LogP contribution in [-0.2, 0) is 12.8 Å². The van der Waals surface area contributed by atoms with Gasteiger partial charge in [-0.3, -0.25) is 0 Å². The number of fused-ring (bicyclic) bond motifs is 13. The molecular weight excluding hydrogens is 809 g/mol. The summed E-state index contributed by atoms with van der Waals surface area (Å²) in [6, 6.07) is 57.0. The third-order valence-corrected chi connectivity index (χ3v) is 14.9. The van der Waals surface area contributed by atoms with Gasteiger partial charge in [0, 0.05) is 48.0 Å². The molecule has 0 amide bonds. The van der Waals surface area contributed by atoms with Crippen molar-refractivity contribution in [1.29, 1.82) is 0 Å². The highest BCUT2D eigenvalue weighted by molar-refractivity contribution is 7.26. The Morgan fingerprint density at radius 3 is 2.20 bits per heavy atom. The average Bonchev–Trinajstić information content (AvgIpc) is 3.77. The summed E-state index contributed by atoms with van der Waals surface area (Å²) in [5.41, 5.74) is 16.1. The lowest BCUT2D eigenvalue weighted by Crippen LogP contribution is -2.10. The molecule has 0 saturated heterocycles. The standard InChI is InChI=1S/C60H42N4S/c1-2-17-38(18-3-1)58-62-59(64-60(63-58)52-29-15-28-49-47-26-11-13-31-54(47)65-57(49)52)40-20-14-19-39(36-40)56-51-35-34-46-45-25-9-8-24-44(45)43-23-7-6-22-42(43)41-21-5-4-16-37(41)32-33-48(46)55(51)50-27-10-12-30-53(50)61-56/h1-7,9-23,25-31,34-35,40H,8,24,32-33,36H2. The van der Waals surface area contributed by atoms with Crippen molar-refractivity contribution in [3.8, 4) is 33.9 Å². The zero-order valence-electron chi connectivity index (χ0n) is 35.7. The van der Waals surface area contributed by atoms with Crippen LogP contribution in [0.25, 0.3) is 92.5 Å². The Labute approximate surface area is 381 Å². The lowest BCUT2D eigenvalue weighted by Gasteiger charge is -2.26. The van der Waals surface area contributed by atoms with Gasteiger partial charge in [0.05, 0.1) is 11.2 Å². The third kappa shape index (κ3) is 6.41. The van der Waals surface area contributed by atoms with E-state index in [1.807, 2.05) is 18.2 Å². The van der Waals surface area contributed by atoms with E-state index in [0.717, 1.165) is 53.8 Å². The highest BCUT2D eigenvalue weighted by atomic mass is 32.1. The topological polar surface area (TPSA) is 51.6 Å². The molecule has 5 heteroatoms. The molecule has 3 heterocycles. The van der Waals surface area contributed by atoms with Crippen molar-refractivity contribution in [2.45, 2.75) is 38.0 Å². The van der Waals surface area contributed by atoms with Crippen molar-refractivity contribution in [2.24, 2.45) is 0 Å². The van der Waals surface area contributed by atoms with E-state index in [1.165, 1.54) is 86.4 Å². The van der Waals surface area contributed by atoms with Gasteiger partial charge in [0.25, 0.3) is 0 Å². The number of allylic oxidation sites excluding steroid dienone is 8. The monoisotopic (exact) mass is 850 g/mol. The van der Waals surface area contributed by atoms with Gasteiger partial charge in [0.1, 0.15) is 5.82 Å². The van der Waals surface area contributed by atoms with Crippen LogP contribution >= 0.6 is 11.3 Å². The van der Waals surface area contributed by atoms with Gasteiger partial charge in [-0.15, -0.1) is 11.3 Å². The minimum atomic E-state index is -0.0857. The normalized spacial score (nSPS) is 15.8. The third-order valence-electron chi connectivity index (χ3n) is 13.7. The van der Waals surface area contributed by atoms with Gasteiger partial charge in [0.15, 0.2) is 11.6 Å². The minimum Gasteiger partial charge on any atom is -0.247 e. The fourth-order valence-electron chi connectivity index (χ4n) is 10.7. The van der Waals surface area contributed by atoms with Gasteiger partial charge in [0.2, 0.25) is 0 Å². The molecule has 0 spiro atoms. The second-order valence-electron chi connectivity index (χ2n) is 17.4. The maximum Gasteiger partial charge on any atom is 0.165 e. The minimum absolute atomic E-state index is 0.0857. The summed E-state index contributed by atoms with van der Waals surface area (Å²) in [6.45, 7) is 0. The second kappa shape index (κ2) is 15.6. The number of para-hydroxylation sites is 1. The van der Waals surface area contributed by atoms with Crippen LogP contribution in [0.5, 0.6) is 0 Å². The Morgan fingerprint density at radius 2 is 1.28 bits per heavy atom. The highest BCUT2D eigenvalue weighted by Gasteiger charge is 2.27. The van der Waals surface area contributed by atoms with E-state index in [1.54, 1.807) is 11.3 Å².